The highest BCUT2D eigenvalue weighted by Crippen LogP contribution is 2.21. The first-order valence-corrected chi connectivity index (χ1v) is 8.76. The number of carbonyl (C=O) groups is 2. The number of nitrogens with one attached hydrogen (secondary N) is 1. The van der Waals surface area contributed by atoms with Crippen LogP contribution in [-0.4, -0.2) is 24.5 Å². The van der Waals surface area contributed by atoms with Crippen LogP contribution in [0.4, 0.5) is 11.4 Å². The van der Waals surface area contributed by atoms with E-state index in [1.54, 1.807) is 4.90 Å². The molecule has 2 amide bonds. The van der Waals surface area contributed by atoms with Gasteiger partial charge in [0.15, 0.2) is 0 Å². The largest absolute Gasteiger partial charge is 0.491 e. The number of nitrogens with zero attached hydrogens (tertiary/aromatic N) is 1. The number of rotatable bonds is 7. The first kappa shape index (κ1) is 19.5. The minimum Gasteiger partial charge on any atom is -0.491 e. The molecule has 0 heterocycles. The van der Waals surface area contributed by atoms with Crippen LogP contribution in [0.3, 0.4) is 0 Å². The van der Waals surface area contributed by atoms with Gasteiger partial charge in [-0.3, -0.25) is 9.59 Å². The van der Waals surface area contributed by atoms with Crippen molar-refractivity contribution in [2.45, 2.75) is 40.2 Å². The van der Waals surface area contributed by atoms with Crippen LogP contribution >= 0.6 is 0 Å². The van der Waals surface area contributed by atoms with E-state index < -0.39 is 0 Å². The third-order valence-electron chi connectivity index (χ3n) is 3.76. The molecule has 0 aliphatic heterocycles. The van der Waals surface area contributed by atoms with Crippen LogP contribution in [0.5, 0.6) is 5.75 Å². The van der Waals surface area contributed by atoms with Gasteiger partial charge in [-0.2, -0.15) is 0 Å². The Labute approximate surface area is 155 Å². The van der Waals surface area contributed by atoms with Crippen LogP contribution in [0.15, 0.2) is 48.5 Å². The highest BCUT2D eigenvalue weighted by atomic mass is 16.5. The van der Waals surface area contributed by atoms with Crippen molar-refractivity contribution < 1.29 is 14.3 Å². The number of carbonyl (C=O) groups excluding carboxylic acids is 2. The maximum atomic E-state index is 12.2. The fraction of sp³-hybridized carbons (Fsp3) is 0.333. The van der Waals surface area contributed by atoms with E-state index in [0.717, 1.165) is 22.7 Å². The molecule has 5 heteroatoms. The predicted molar refractivity (Wildman–Crippen MR) is 105 cm³/mol. The number of hydrogen-bond acceptors (Lipinski definition) is 3. The molecule has 2 rings (SSSR count). The van der Waals surface area contributed by atoms with Gasteiger partial charge in [0, 0.05) is 31.3 Å². The second-order valence-electron chi connectivity index (χ2n) is 6.50. The lowest BCUT2D eigenvalue weighted by Gasteiger charge is -2.21. The van der Waals surface area contributed by atoms with Crippen LogP contribution in [-0.2, 0) is 9.59 Å². The molecule has 0 aromatic heterocycles. The summed E-state index contributed by atoms with van der Waals surface area (Å²) >= 11 is 0. The van der Waals surface area contributed by atoms with Gasteiger partial charge in [0.2, 0.25) is 11.8 Å². The van der Waals surface area contributed by atoms with E-state index >= 15 is 0 Å². The van der Waals surface area contributed by atoms with E-state index in [1.807, 2.05) is 69.3 Å². The molecule has 0 atom stereocenters. The van der Waals surface area contributed by atoms with Crippen molar-refractivity contribution in [2.24, 2.45) is 0 Å². The normalized spacial score (nSPS) is 10.5. The highest BCUT2D eigenvalue weighted by molar-refractivity contribution is 5.94. The van der Waals surface area contributed by atoms with Crippen molar-refractivity contribution in [3.63, 3.8) is 0 Å². The molecule has 0 fully saturated rings. The number of amides is 2. The predicted octanol–water partition coefficient (Wildman–Crippen LogP) is 4.16. The quantitative estimate of drug-likeness (QED) is 0.812. The smallest absolute Gasteiger partial charge is 0.226 e. The van der Waals surface area contributed by atoms with Crippen LogP contribution in [0.25, 0.3) is 0 Å². The van der Waals surface area contributed by atoms with Gasteiger partial charge >= 0.3 is 0 Å². The molecule has 0 bridgehead atoms. The Kier molecular flexibility index (Phi) is 6.78. The summed E-state index contributed by atoms with van der Waals surface area (Å²) in [7, 11) is 0. The molecule has 0 unspecified atom stereocenters. The Bertz CT molecular complexity index is 754. The van der Waals surface area contributed by atoms with Crippen LogP contribution in [0.1, 0.15) is 32.8 Å². The van der Waals surface area contributed by atoms with Gasteiger partial charge in [0.1, 0.15) is 5.75 Å². The summed E-state index contributed by atoms with van der Waals surface area (Å²) in [4.78, 5) is 25.8. The van der Waals surface area contributed by atoms with Crippen molar-refractivity contribution >= 4 is 23.2 Å². The molecule has 0 saturated carbocycles. The Hall–Kier alpha value is -2.82. The summed E-state index contributed by atoms with van der Waals surface area (Å²) in [6.45, 7) is 7.71. The first-order chi connectivity index (χ1) is 12.3. The molecule has 0 saturated heterocycles. The van der Waals surface area contributed by atoms with Gasteiger partial charge in [0.05, 0.1) is 6.10 Å². The minimum atomic E-state index is -0.124. The standard InChI is InChI=1S/C21H26N2O3/c1-15(2)26-20-10-8-19(9-11-20)23(17(4)24)13-12-21(25)22-18-7-5-6-16(3)14-18/h5-11,14-15H,12-13H2,1-4H3,(H,22,25). The lowest BCUT2D eigenvalue weighted by molar-refractivity contribution is -0.117. The molecule has 0 aliphatic carbocycles. The third-order valence-corrected chi connectivity index (χ3v) is 3.76. The minimum absolute atomic E-state index is 0.0927. The number of benzene rings is 2. The van der Waals surface area contributed by atoms with Crippen molar-refractivity contribution in [2.75, 3.05) is 16.8 Å². The van der Waals surface area contributed by atoms with Gasteiger partial charge in [-0.15, -0.1) is 0 Å². The lowest BCUT2D eigenvalue weighted by Crippen LogP contribution is -2.31. The summed E-state index contributed by atoms with van der Waals surface area (Å²) in [6, 6.07) is 15.0. The summed E-state index contributed by atoms with van der Waals surface area (Å²) in [5.74, 6) is 0.525. The van der Waals surface area contributed by atoms with Gasteiger partial charge in [-0.05, 0) is 62.7 Å². The molecular weight excluding hydrogens is 328 g/mol. The van der Waals surface area contributed by atoms with E-state index in [4.69, 9.17) is 4.74 Å². The topological polar surface area (TPSA) is 58.6 Å². The monoisotopic (exact) mass is 354 g/mol. The molecular formula is C21H26N2O3. The number of anilines is 2. The van der Waals surface area contributed by atoms with Crippen molar-refractivity contribution in [1.82, 2.24) is 0 Å². The van der Waals surface area contributed by atoms with E-state index in [0.29, 0.717) is 6.54 Å². The fourth-order valence-electron chi connectivity index (χ4n) is 2.60. The lowest BCUT2D eigenvalue weighted by atomic mass is 10.2. The second-order valence-corrected chi connectivity index (χ2v) is 6.50. The van der Waals surface area contributed by atoms with Gasteiger partial charge in [-0.25, -0.2) is 0 Å². The zero-order valence-electron chi connectivity index (χ0n) is 15.8. The number of hydrogen-bond donors (Lipinski definition) is 1. The van der Waals surface area contributed by atoms with Crippen molar-refractivity contribution in [1.29, 1.82) is 0 Å². The summed E-state index contributed by atoms with van der Waals surface area (Å²) in [6.07, 6.45) is 0.313. The molecule has 0 radical (unpaired) electrons. The Morgan fingerprint density at radius 1 is 1.12 bits per heavy atom. The molecule has 1 N–H and O–H groups in total. The van der Waals surface area contributed by atoms with Crippen molar-refractivity contribution in [3.05, 3.63) is 54.1 Å². The van der Waals surface area contributed by atoms with Crippen LogP contribution < -0.4 is 15.0 Å². The van der Waals surface area contributed by atoms with Crippen molar-refractivity contribution in [3.8, 4) is 5.75 Å². The van der Waals surface area contributed by atoms with Crippen LogP contribution in [0.2, 0.25) is 0 Å². The SMILES string of the molecule is CC(=O)N(CCC(=O)Nc1cccc(C)c1)c1ccc(OC(C)C)cc1. The Morgan fingerprint density at radius 2 is 1.81 bits per heavy atom. The maximum absolute atomic E-state index is 12.2. The van der Waals surface area contributed by atoms with Gasteiger partial charge in [0.25, 0.3) is 0 Å². The molecule has 138 valence electrons. The summed E-state index contributed by atoms with van der Waals surface area (Å²) in [5.41, 5.74) is 2.59. The third kappa shape index (κ3) is 5.92. The molecule has 0 aliphatic rings. The molecule has 26 heavy (non-hydrogen) atoms. The fourth-order valence-corrected chi connectivity index (χ4v) is 2.60. The molecule has 0 spiro atoms. The first-order valence-electron chi connectivity index (χ1n) is 8.76. The number of ether oxygens (including phenoxy) is 1. The Morgan fingerprint density at radius 3 is 2.38 bits per heavy atom. The second kappa shape index (κ2) is 9.04. The average molecular weight is 354 g/mol. The zero-order valence-corrected chi connectivity index (χ0v) is 15.8. The maximum Gasteiger partial charge on any atom is 0.226 e. The Balaban J connectivity index is 1.97. The van der Waals surface area contributed by atoms with Gasteiger partial charge in [-0.1, -0.05) is 12.1 Å². The van der Waals surface area contributed by atoms with E-state index in [1.165, 1.54) is 6.92 Å². The summed E-state index contributed by atoms with van der Waals surface area (Å²) < 4.78 is 5.62. The summed E-state index contributed by atoms with van der Waals surface area (Å²) in [5, 5.41) is 2.86. The van der Waals surface area contributed by atoms with E-state index in [9.17, 15) is 9.59 Å². The van der Waals surface area contributed by atoms with Crippen LogP contribution in [0, 0.1) is 6.92 Å². The average Bonchev–Trinajstić information content (AvgIpc) is 2.55. The molecule has 5 nitrogen and oxygen atoms in total. The molecule has 2 aromatic rings. The number of aryl methyl sites for hydroxylation is 1. The highest BCUT2D eigenvalue weighted by Gasteiger charge is 2.14. The van der Waals surface area contributed by atoms with Gasteiger partial charge < -0.3 is 15.0 Å². The van der Waals surface area contributed by atoms with E-state index in [2.05, 4.69) is 5.32 Å². The van der Waals surface area contributed by atoms with E-state index in [-0.39, 0.29) is 24.3 Å². The zero-order chi connectivity index (χ0) is 19.1. The molecule has 2 aromatic carbocycles.